The van der Waals surface area contributed by atoms with Crippen LogP contribution in [0.4, 0.5) is 29.3 Å². The number of carbonyl (C=O) groups excluding carboxylic acids is 2. The van der Waals surface area contributed by atoms with E-state index >= 15 is 0 Å². The number of fused-ring (bicyclic) bond motifs is 1. The number of hydrogen-bond acceptors (Lipinski definition) is 4. The summed E-state index contributed by atoms with van der Waals surface area (Å²) in [5, 5.41) is 0. The number of carbonyl (C=O) groups is 2. The summed E-state index contributed by atoms with van der Waals surface area (Å²) in [5.74, 6) is -0.550. The van der Waals surface area contributed by atoms with E-state index in [1.165, 1.54) is 18.2 Å². The fraction of sp³-hybridized carbons (Fsp3) is 0.500. The predicted molar refractivity (Wildman–Crippen MR) is 84.2 cm³/mol. The van der Waals surface area contributed by atoms with E-state index in [9.17, 15) is 22.8 Å². The maximum atomic E-state index is 12.9. The van der Waals surface area contributed by atoms with Gasteiger partial charge in [0.1, 0.15) is 12.6 Å². The summed E-state index contributed by atoms with van der Waals surface area (Å²) in [6.45, 7) is -1.46. The number of hydrogen-bond donors (Lipinski definition) is 1. The molecule has 0 saturated heterocycles. The van der Waals surface area contributed by atoms with E-state index in [0.29, 0.717) is 10.8 Å². The molecule has 1 aliphatic carbocycles. The molecule has 1 aromatic carbocycles. The van der Waals surface area contributed by atoms with Gasteiger partial charge in [0.05, 0.1) is 24.5 Å². The van der Waals surface area contributed by atoms with Crippen LogP contribution in [-0.4, -0.2) is 43.9 Å². The Bertz CT molecular complexity index is 676. The van der Waals surface area contributed by atoms with Gasteiger partial charge in [-0.25, -0.2) is 4.79 Å². The van der Waals surface area contributed by atoms with Gasteiger partial charge in [-0.3, -0.25) is 14.6 Å². The fourth-order valence-electron chi connectivity index (χ4n) is 2.68. The van der Waals surface area contributed by atoms with E-state index in [1.54, 1.807) is 6.07 Å². The lowest BCUT2D eigenvalue weighted by molar-refractivity contribution is -0.132. The second kappa shape index (κ2) is 6.55. The number of rotatable bonds is 3. The average Bonchev–Trinajstić information content (AvgIpc) is 3.38. The highest BCUT2D eigenvalue weighted by atomic mass is 19.4. The van der Waals surface area contributed by atoms with Gasteiger partial charge in [-0.05, 0) is 30.9 Å². The highest BCUT2D eigenvalue weighted by molar-refractivity contribution is 6.05. The van der Waals surface area contributed by atoms with Gasteiger partial charge < -0.3 is 10.5 Å². The van der Waals surface area contributed by atoms with Crippen LogP contribution in [0.5, 0.6) is 0 Å². The molecule has 1 saturated carbocycles. The second-order valence-corrected chi connectivity index (χ2v) is 6.27. The van der Waals surface area contributed by atoms with Crippen molar-refractivity contribution < 1.29 is 27.5 Å². The lowest BCUT2D eigenvalue weighted by Crippen LogP contribution is -2.50. The molecule has 6 nitrogen and oxygen atoms in total. The van der Waals surface area contributed by atoms with Gasteiger partial charge in [-0.1, -0.05) is 12.1 Å². The molecule has 2 N–H and O–H groups in total. The van der Waals surface area contributed by atoms with E-state index in [4.69, 9.17) is 10.5 Å². The van der Waals surface area contributed by atoms with Crippen molar-refractivity contribution in [2.24, 2.45) is 11.7 Å². The van der Waals surface area contributed by atoms with Crippen LogP contribution in [0.3, 0.4) is 0 Å². The van der Waals surface area contributed by atoms with Gasteiger partial charge in [0.15, 0.2) is 0 Å². The number of alkyl halides is 3. The average molecular weight is 357 g/mol. The third kappa shape index (κ3) is 4.04. The predicted octanol–water partition coefficient (Wildman–Crippen LogP) is 2.28. The Morgan fingerprint density at radius 1 is 1.24 bits per heavy atom. The smallest absolute Gasteiger partial charge is 0.414 e. The van der Waals surface area contributed by atoms with Crippen LogP contribution in [0, 0.1) is 5.92 Å². The minimum Gasteiger partial charge on any atom is -0.449 e. The summed E-state index contributed by atoms with van der Waals surface area (Å²) in [7, 11) is 0. The van der Waals surface area contributed by atoms with E-state index in [0.717, 1.165) is 17.7 Å². The van der Waals surface area contributed by atoms with Crippen molar-refractivity contribution in [3.8, 4) is 0 Å². The van der Waals surface area contributed by atoms with Crippen LogP contribution >= 0.6 is 0 Å². The number of nitrogens with two attached hydrogens (primary N) is 1. The maximum absolute atomic E-state index is 12.9. The first-order valence-corrected chi connectivity index (χ1v) is 7.93. The number of benzene rings is 1. The summed E-state index contributed by atoms with van der Waals surface area (Å²) >= 11 is 0. The number of anilines is 2. The Hall–Kier alpha value is -2.29. The van der Waals surface area contributed by atoms with Crippen molar-refractivity contribution in [1.29, 1.82) is 0 Å². The monoisotopic (exact) mass is 357 g/mol. The molecule has 25 heavy (non-hydrogen) atoms. The normalized spacial score (nSPS) is 21.0. The number of amides is 2. The van der Waals surface area contributed by atoms with Crippen LogP contribution in [0.2, 0.25) is 0 Å². The van der Waals surface area contributed by atoms with E-state index < -0.39 is 30.8 Å². The van der Waals surface area contributed by atoms with E-state index in [2.05, 4.69) is 0 Å². The quantitative estimate of drug-likeness (QED) is 0.900. The van der Waals surface area contributed by atoms with Crippen molar-refractivity contribution in [1.82, 2.24) is 0 Å². The third-order valence-electron chi connectivity index (χ3n) is 4.12. The molecule has 2 amide bonds. The van der Waals surface area contributed by atoms with Crippen molar-refractivity contribution in [3.05, 3.63) is 24.3 Å². The number of ether oxygens (including phenoxy) is 1. The van der Waals surface area contributed by atoms with Crippen LogP contribution in [0.1, 0.15) is 12.8 Å². The van der Waals surface area contributed by atoms with Crippen LogP contribution < -0.4 is 15.5 Å². The molecule has 0 radical (unpaired) electrons. The minimum absolute atomic E-state index is 0.0128. The molecule has 1 aromatic rings. The maximum Gasteiger partial charge on any atom is 0.414 e. The summed E-state index contributed by atoms with van der Waals surface area (Å²) < 4.78 is 43.9. The van der Waals surface area contributed by atoms with Gasteiger partial charge >= 0.3 is 12.3 Å². The molecule has 1 atom stereocenters. The second-order valence-electron chi connectivity index (χ2n) is 6.27. The van der Waals surface area contributed by atoms with Crippen LogP contribution in [0.25, 0.3) is 0 Å². The Balaban J connectivity index is 1.93. The molecule has 1 aliphatic heterocycles. The number of para-hydroxylation sites is 2. The Morgan fingerprint density at radius 2 is 1.88 bits per heavy atom. The highest BCUT2D eigenvalue weighted by Crippen LogP contribution is 2.35. The Labute approximate surface area is 142 Å². The fourth-order valence-corrected chi connectivity index (χ4v) is 2.68. The van der Waals surface area contributed by atoms with Crippen LogP contribution in [-0.2, 0) is 9.53 Å². The lowest BCUT2D eigenvalue weighted by atomic mass is 10.2. The van der Waals surface area contributed by atoms with Gasteiger partial charge in [-0.2, -0.15) is 13.2 Å². The molecule has 0 bridgehead atoms. The zero-order valence-electron chi connectivity index (χ0n) is 13.3. The van der Waals surface area contributed by atoms with Crippen LogP contribution in [0.15, 0.2) is 24.3 Å². The zero-order chi connectivity index (χ0) is 18.2. The summed E-state index contributed by atoms with van der Waals surface area (Å²) in [6.07, 6.45) is -3.33. The van der Waals surface area contributed by atoms with Gasteiger partial charge in [0, 0.05) is 0 Å². The van der Waals surface area contributed by atoms with Crippen molar-refractivity contribution in [2.75, 3.05) is 29.5 Å². The number of nitrogens with zero attached hydrogens (tertiary/aromatic N) is 2. The molecule has 0 spiro atoms. The third-order valence-corrected chi connectivity index (χ3v) is 4.12. The molecule has 1 heterocycles. The first-order valence-electron chi connectivity index (χ1n) is 7.93. The molecular formula is C16H18F3N3O3. The summed E-state index contributed by atoms with van der Waals surface area (Å²) in [6, 6.07) is 4.64. The van der Waals surface area contributed by atoms with E-state index in [-0.39, 0.29) is 24.5 Å². The Morgan fingerprint density at radius 3 is 2.48 bits per heavy atom. The SMILES string of the molecule is N[C@H]1CN(C(=O)OCC2CC2)c2ccccc2N(CC(F)(F)F)C1=O. The molecule has 2 aliphatic rings. The molecule has 136 valence electrons. The largest absolute Gasteiger partial charge is 0.449 e. The van der Waals surface area contributed by atoms with Gasteiger partial charge in [-0.15, -0.1) is 0 Å². The highest BCUT2D eigenvalue weighted by Gasteiger charge is 2.40. The Kier molecular flexibility index (Phi) is 4.59. The standard InChI is InChI=1S/C16H18F3N3O3/c17-16(18,19)9-22-13-4-2-1-3-12(13)21(7-11(20)14(22)23)15(24)25-8-10-5-6-10/h1-4,10-11H,5-9,20H2/t11-/m0/s1. The topological polar surface area (TPSA) is 75.9 Å². The van der Waals surface area contributed by atoms with Crippen molar-refractivity contribution >= 4 is 23.4 Å². The minimum atomic E-state index is -4.59. The number of halogens is 3. The molecule has 0 aromatic heterocycles. The molecule has 9 heteroatoms. The van der Waals surface area contributed by atoms with Gasteiger partial charge in [0.25, 0.3) is 0 Å². The lowest BCUT2D eigenvalue weighted by Gasteiger charge is -2.25. The van der Waals surface area contributed by atoms with Crippen molar-refractivity contribution in [2.45, 2.75) is 25.1 Å². The first-order chi connectivity index (χ1) is 11.8. The molecular weight excluding hydrogens is 339 g/mol. The first kappa shape index (κ1) is 17.5. The molecule has 1 fully saturated rings. The molecule has 3 rings (SSSR count). The van der Waals surface area contributed by atoms with E-state index in [1.807, 2.05) is 0 Å². The summed E-state index contributed by atoms with van der Waals surface area (Å²) in [4.78, 5) is 26.5. The van der Waals surface area contributed by atoms with Crippen molar-refractivity contribution in [3.63, 3.8) is 0 Å². The summed E-state index contributed by atoms with van der Waals surface area (Å²) in [5.41, 5.74) is 5.92. The molecule has 0 unspecified atom stereocenters. The zero-order valence-corrected chi connectivity index (χ0v) is 13.3. The van der Waals surface area contributed by atoms with Gasteiger partial charge in [0.2, 0.25) is 5.91 Å².